The van der Waals surface area contributed by atoms with Gasteiger partial charge < -0.3 is 5.32 Å². The number of carbonyl (C=O) groups excluding carboxylic acids is 1. The molecule has 0 saturated heterocycles. The molecule has 2 aliphatic rings. The molecule has 126 valence electrons. The van der Waals surface area contributed by atoms with Gasteiger partial charge in [-0.2, -0.15) is 5.10 Å². The molecule has 0 spiro atoms. The molecule has 1 heterocycles. The Balaban J connectivity index is 1.54. The zero-order chi connectivity index (χ0) is 16.6. The molecule has 4 rings (SSSR count). The van der Waals surface area contributed by atoms with Gasteiger partial charge in [-0.25, -0.2) is 4.68 Å². The van der Waals surface area contributed by atoms with E-state index in [0.717, 1.165) is 49.4 Å². The second-order valence-corrected chi connectivity index (χ2v) is 7.23. The molecular formula is C20H25N3O. The van der Waals surface area contributed by atoms with Gasteiger partial charge in [-0.15, -0.1) is 0 Å². The zero-order valence-electron chi connectivity index (χ0n) is 14.3. The maximum Gasteiger partial charge on any atom is 0.230 e. The van der Waals surface area contributed by atoms with Crippen LogP contribution in [0.25, 0.3) is 5.69 Å². The standard InChI is InChI=1S/C20H25N3O/c1-2-12-21-19(24)20(10-3-11-20)17-6-8-18(9-7-17)23-14-16(13-22-23)15-4-5-15/h6-9,13-15H,2-5,10-12H2,1H3,(H,21,24). The minimum absolute atomic E-state index is 0.193. The van der Waals surface area contributed by atoms with Gasteiger partial charge in [-0.1, -0.05) is 25.5 Å². The van der Waals surface area contributed by atoms with Crippen LogP contribution in [-0.2, 0) is 10.2 Å². The van der Waals surface area contributed by atoms with Crippen LogP contribution < -0.4 is 5.32 Å². The van der Waals surface area contributed by atoms with Crippen molar-refractivity contribution in [2.24, 2.45) is 0 Å². The lowest BCUT2D eigenvalue weighted by atomic mass is 9.64. The van der Waals surface area contributed by atoms with Gasteiger partial charge in [-0.3, -0.25) is 4.79 Å². The summed E-state index contributed by atoms with van der Waals surface area (Å²) in [5, 5.41) is 7.57. The van der Waals surface area contributed by atoms with Crippen LogP contribution in [0.2, 0.25) is 0 Å². The number of nitrogens with one attached hydrogen (secondary N) is 1. The Morgan fingerprint density at radius 1 is 1.29 bits per heavy atom. The van der Waals surface area contributed by atoms with E-state index in [1.807, 2.05) is 10.9 Å². The van der Waals surface area contributed by atoms with Crippen LogP contribution in [0.4, 0.5) is 0 Å². The molecule has 0 bridgehead atoms. The largest absolute Gasteiger partial charge is 0.355 e. The minimum Gasteiger partial charge on any atom is -0.355 e. The van der Waals surface area contributed by atoms with E-state index < -0.39 is 0 Å². The Hall–Kier alpha value is -2.10. The SMILES string of the molecule is CCCNC(=O)C1(c2ccc(-n3cc(C4CC4)cn3)cc2)CCC1. The quantitative estimate of drug-likeness (QED) is 0.881. The molecule has 1 aromatic heterocycles. The van der Waals surface area contributed by atoms with E-state index in [-0.39, 0.29) is 11.3 Å². The van der Waals surface area contributed by atoms with E-state index in [0.29, 0.717) is 0 Å². The molecule has 2 fully saturated rings. The van der Waals surface area contributed by atoms with Crippen molar-refractivity contribution in [3.63, 3.8) is 0 Å². The third-order valence-corrected chi connectivity index (χ3v) is 5.51. The second kappa shape index (κ2) is 6.08. The smallest absolute Gasteiger partial charge is 0.230 e. The van der Waals surface area contributed by atoms with Crippen molar-refractivity contribution in [3.8, 4) is 5.69 Å². The topological polar surface area (TPSA) is 46.9 Å². The van der Waals surface area contributed by atoms with Crippen molar-refractivity contribution in [1.82, 2.24) is 15.1 Å². The van der Waals surface area contributed by atoms with Gasteiger partial charge in [0.25, 0.3) is 0 Å². The summed E-state index contributed by atoms with van der Waals surface area (Å²) in [6.45, 7) is 2.85. The molecule has 0 atom stereocenters. The fourth-order valence-electron chi connectivity index (χ4n) is 3.62. The second-order valence-electron chi connectivity index (χ2n) is 7.23. The summed E-state index contributed by atoms with van der Waals surface area (Å²) in [6.07, 6.45) is 10.7. The van der Waals surface area contributed by atoms with Crippen LogP contribution in [0, 0.1) is 0 Å². The lowest BCUT2D eigenvalue weighted by Gasteiger charge is -2.40. The molecule has 1 N–H and O–H groups in total. The lowest BCUT2D eigenvalue weighted by Crippen LogP contribution is -2.49. The van der Waals surface area contributed by atoms with Crippen molar-refractivity contribution in [3.05, 3.63) is 47.8 Å². The first kappa shape index (κ1) is 15.4. The summed E-state index contributed by atoms with van der Waals surface area (Å²) in [5.74, 6) is 0.914. The molecule has 1 aromatic carbocycles. The number of nitrogens with zero attached hydrogens (tertiary/aromatic N) is 2. The monoisotopic (exact) mass is 323 g/mol. The van der Waals surface area contributed by atoms with Crippen LogP contribution in [0.1, 0.15) is 62.5 Å². The highest BCUT2D eigenvalue weighted by Crippen LogP contribution is 2.44. The predicted octanol–water partition coefficient (Wildman–Crippen LogP) is 3.70. The maximum absolute atomic E-state index is 12.6. The summed E-state index contributed by atoms with van der Waals surface area (Å²) < 4.78 is 1.95. The minimum atomic E-state index is -0.309. The van der Waals surface area contributed by atoms with Gasteiger partial charge >= 0.3 is 0 Å². The molecule has 4 heteroatoms. The summed E-state index contributed by atoms with van der Waals surface area (Å²) >= 11 is 0. The number of amides is 1. The first-order chi connectivity index (χ1) is 11.7. The van der Waals surface area contributed by atoms with Gasteiger partial charge in [0.15, 0.2) is 0 Å². The summed E-state index contributed by atoms with van der Waals surface area (Å²) in [4.78, 5) is 12.6. The van der Waals surface area contributed by atoms with Gasteiger partial charge in [0, 0.05) is 12.7 Å². The average Bonchev–Trinajstić information content (AvgIpc) is 3.30. The number of aromatic nitrogens is 2. The third-order valence-electron chi connectivity index (χ3n) is 5.51. The van der Waals surface area contributed by atoms with Gasteiger partial charge in [0.2, 0.25) is 5.91 Å². The Morgan fingerprint density at radius 3 is 2.62 bits per heavy atom. The fourth-order valence-corrected chi connectivity index (χ4v) is 3.62. The molecule has 2 aliphatic carbocycles. The number of hydrogen-bond donors (Lipinski definition) is 1. The number of carbonyl (C=O) groups is 1. The Bertz CT molecular complexity index is 724. The van der Waals surface area contributed by atoms with E-state index in [1.165, 1.54) is 18.4 Å². The average molecular weight is 323 g/mol. The van der Waals surface area contributed by atoms with Gasteiger partial charge in [0.1, 0.15) is 0 Å². The van der Waals surface area contributed by atoms with E-state index in [4.69, 9.17) is 0 Å². The van der Waals surface area contributed by atoms with Crippen molar-refractivity contribution >= 4 is 5.91 Å². The molecule has 4 nitrogen and oxygen atoms in total. The highest BCUT2D eigenvalue weighted by Gasteiger charge is 2.45. The molecule has 24 heavy (non-hydrogen) atoms. The molecule has 2 saturated carbocycles. The van der Waals surface area contributed by atoms with E-state index >= 15 is 0 Å². The molecule has 2 aromatic rings. The van der Waals surface area contributed by atoms with Crippen molar-refractivity contribution < 1.29 is 4.79 Å². The van der Waals surface area contributed by atoms with E-state index in [9.17, 15) is 4.79 Å². The Labute approximate surface area is 143 Å². The number of rotatable bonds is 6. The van der Waals surface area contributed by atoms with Gasteiger partial charge in [0.05, 0.1) is 17.3 Å². The van der Waals surface area contributed by atoms with Gasteiger partial charge in [-0.05, 0) is 61.3 Å². The normalized spacial score (nSPS) is 18.9. The van der Waals surface area contributed by atoms with Crippen LogP contribution in [-0.4, -0.2) is 22.2 Å². The molecule has 0 aliphatic heterocycles. The van der Waals surface area contributed by atoms with Crippen LogP contribution in [0.3, 0.4) is 0 Å². The molecular weight excluding hydrogens is 298 g/mol. The predicted molar refractivity (Wildman–Crippen MR) is 94.4 cm³/mol. The first-order valence-electron chi connectivity index (χ1n) is 9.17. The number of benzene rings is 1. The molecule has 1 amide bonds. The van der Waals surface area contributed by atoms with Crippen molar-refractivity contribution in [1.29, 1.82) is 0 Å². The van der Waals surface area contributed by atoms with E-state index in [1.54, 1.807) is 0 Å². The highest BCUT2D eigenvalue weighted by molar-refractivity contribution is 5.89. The fraction of sp³-hybridized carbons (Fsp3) is 0.500. The Kier molecular flexibility index (Phi) is 3.91. The van der Waals surface area contributed by atoms with Crippen LogP contribution >= 0.6 is 0 Å². The van der Waals surface area contributed by atoms with Crippen LogP contribution in [0.15, 0.2) is 36.7 Å². The molecule has 0 unspecified atom stereocenters. The zero-order valence-corrected chi connectivity index (χ0v) is 14.3. The Morgan fingerprint density at radius 2 is 2.04 bits per heavy atom. The third kappa shape index (κ3) is 2.64. The lowest BCUT2D eigenvalue weighted by molar-refractivity contribution is -0.129. The summed E-state index contributed by atoms with van der Waals surface area (Å²) in [6, 6.07) is 8.40. The van der Waals surface area contributed by atoms with Crippen LogP contribution in [0.5, 0.6) is 0 Å². The summed E-state index contributed by atoms with van der Waals surface area (Å²) in [7, 11) is 0. The summed E-state index contributed by atoms with van der Waals surface area (Å²) in [5.41, 5.74) is 3.24. The first-order valence-corrected chi connectivity index (χ1v) is 9.17. The van der Waals surface area contributed by atoms with E-state index in [2.05, 4.69) is 47.8 Å². The van der Waals surface area contributed by atoms with Crippen molar-refractivity contribution in [2.75, 3.05) is 6.54 Å². The number of hydrogen-bond acceptors (Lipinski definition) is 2. The molecule has 0 radical (unpaired) electrons. The van der Waals surface area contributed by atoms with Crippen molar-refractivity contribution in [2.45, 2.75) is 56.8 Å². The highest BCUT2D eigenvalue weighted by atomic mass is 16.2. The maximum atomic E-state index is 12.6.